The van der Waals surface area contributed by atoms with Crippen LogP contribution in [0.25, 0.3) is 21.9 Å². The Labute approximate surface area is 313 Å². The van der Waals surface area contributed by atoms with E-state index in [0.717, 1.165) is 92.3 Å². The minimum absolute atomic E-state index is 0.196. The number of hydrogen-bond donors (Lipinski definition) is 2. The zero-order chi connectivity index (χ0) is 38.6. The van der Waals surface area contributed by atoms with Crippen molar-refractivity contribution in [1.82, 2.24) is 39.1 Å². The number of carbonyl (C=O) groups is 3. The molecule has 3 aliphatic rings. The molecule has 14 nitrogen and oxygen atoms in total. The molecule has 2 aromatic carbocycles. The highest BCUT2D eigenvalue weighted by Crippen LogP contribution is 2.35. The summed E-state index contributed by atoms with van der Waals surface area (Å²) in [6, 6.07) is 8.97. The topological polar surface area (TPSA) is 152 Å². The van der Waals surface area contributed by atoms with E-state index in [4.69, 9.17) is 5.10 Å². The number of piperazine rings is 1. The van der Waals surface area contributed by atoms with Gasteiger partial charge in [0.2, 0.25) is 11.8 Å². The minimum atomic E-state index is -4.71. The lowest BCUT2D eigenvalue weighted by Gasteiger charge is -2.39. The molecule has 0 spiro atoms. The number of aryl methyl sites for hydroxylation is 2. The molecular formula is C38H41F3N10O4. The van der Waals surface area contributed by atoms with E-state index in [-0.39, 0.29) is 24.1 Å². The zero-order valence-electron chi connectivity index (χ0n) is 30.5. The van der Waals surface area contributed by atoms with E-state index < -0.39 is 35.4 Å². The average Bonchev–Trinajstić information content (AvgIpc) is 3.69. The van der Waals surface area contributed by atoms with E-state index in [1.807, 2.05) is 35.1 Å². The van der Waals surface area contributed by atoms with Crippen LogP contribution >= 0.6 is 0 Å². The van der Waals surface area contributed by atoms with Crippen LogP contribution in [-0.4, -0.2) is 84.2 Å². The summed E-state index contributed by atoms with van der Waals surface area (Å²) in [5, 5.41) is 10.7. The van der Waals surface area contributed by atoms with Gasteiger partial charge < -0.3 is 10.2 Å². The number of alkyl halides is 3. The summed E-state index contributed by atoms with van der Waals surface area (Å²) in [6.07, 6.45) is 3.43. The largest absolute Gasteiger partial charge is 0.434 e. The van der Waals surface area contributed by atoms with Crippen molar-refractivity contribution in [2.75, 3.05) is 42.9 Å². The van der Waals surface area contributed by atoms with Gasteiger partial charge in [0.1, 0.15) is 11.7 Å². The van der Waals surface area contributed by atoms with E-state index in [1.54, 1.807) is 24.6 Å². The van der Waals surface area contributed by atoms with Crippen LogP contribution in [0.5, 0.6) is 0 Å². The minimum Gasteiger partial charge on any atom is -0.367 e. The van der Waals surface area contributed by atoms with Crippen LogP contribution in [-0.2, 0) is 22.8 Å². The van der Waals surface area contributed by atoms with Gasteiger partial charge in [-0.15, -0.1) is 0 Å². The molecule has 0 radical (unpaired) electrons. The molecule has 5 aromatic rings. The molecule has 55 heavy (non-hydrogen) atoms. The van der Waals surface area contributed by atoms with Crippen LogP contribution in [0.15, 0.2) is 53.7 Å². The van der Waals surface area contributed by atoms with Crippen molar-refractivity contribution in [3.05, 3.63) is 76.4 Å². The van der Waals surface area contributed by atoms with Crippen molar-refractivity contribution in [1.29, 1.82) is 0 Å². The molecule has 1 unspecified atom stereocenters. The van der Waals surface area contributed by atoms with Crippen LogP contribution in [0.4, 0.5) is 24.5 Å². The fourth-order valence-electron chi connectivity index (χ4n) is 8.35. The molecule has 5 heterocycles. The van der Waals surface area contributed by atoms with Gasteiger partial charge >= 0.3 is 11.9 Å². The maximum atomic E-state index is 13.4. The van der Waals surface area contributed by atoms with Crippen molar-refractivity contribution in [3.8, 4) is 0 Å². The number of anilines is 2. The Morgan fingerprint density at radius 3 is 2.49 bits per heavy atom. The van der Waals surface area contributed by atoms with Gasteiger partial charge in [0.05, 0.1) is 40.7 Å². The number of hydrogen-bond acceptors (Lipinski definition) is 9. The summed E-state index contributed by atoms with van der Waals surface area (Å²) >= 11 is 0. The Hall–Kier alpha value is -5.58. The predicted molar refractivity (Wildman–Crippen MR) is 198 cm³/mol. The summed E-state index contributed by atoms with van der Waals surface area (Å²) in [6.45, 7) is 6.21. The van der Waals surface area contributed by atoms with E-state index in [9.17, 15) is 32.3 Å². The van der Waals surface area contributed by atoms with E-state index in [1.165, 1.54) is 4.57 Å². The Morgan fingerprint density at radius 2 is 1.76 bits per heavy atom. The SMILES string of the molecule is Cc1cc2nn(C3CCC(CN4CCN(c5cccc6c5n(C)c(=O)n6C5CCC(=O)NC5=O)CC4)CC3)cc2cc1NC(=O)c1cncc(C(F)(F)F)n1. The highest BCUT2D eigenvalue weighted by Gasteiger charge is 2.35. The molecule has 2 saturated heterocycles. The van der Waals surface area contributed by atoms with Crippen molar-refractivity contribution in [2.24, 2.45) is 13.0 Å². The van der Waals surface area contributed by atoms with Gasteiger partial charge in [-0.2, -0.15) is 18.3 Å². The first-order chi connectivity index (χ1) is 26.3. The van der Waals surface area contributed by atoms with Crippen LogP contribution in [0.3, 0.4) is 0 Å². The molecule has 1 atom stereocenters. The second-order valence-corrected chi connectivity index (χ2v) is 14.9. The molecule has 3 amide bonds. The van der Waals surface area contributed by atoms with Gasteiger partial charge in [0, 0.05) is 63.5 Å². The van der Waals surface area contributed by atoms with Crippen LogP contribution in [0.1, 0.15) is 72.4 Å². The maximum absolute atomic E-state index is 13.4. The number of para-hydroxylation sites is 1. The standard InChI is InChI=1S/C38H41F3N10O4/c1-22-16-27-24(17-26(22)44-35(53)28-18-42-19-32(43-28)38(39,40)41)21-50(46-27)25-8-6-23(7-9-25)20-48-12-14-49(15-13-48)29-4-3-5-30-34(29)47(2)37(55)51(30)31-10-11-33(52)45-36(31)54/h3-5,16-19,21,23,25,31H,6-15,20H2,1-2H3,(H,44,53)(H,45,52,54). The first-order valence-corrected chi connectivity index (χ1v) is 18.5. The van der Waals surface area contributed by atoms with Crippen LogP contribution in [0, 0.1) is 12.8 Å². The summed E-state index contributed by atoms with van der Waals surface area (Å²) < 4.78 is 44.4. The number of fused-ring (bicyclic) bond motifs is 2. The van der Waals surface area contributed by atoms with Gasteiger partial charge in [0.25, 0.3) is 5.91 Å². The second kappa shape index (κ2) is 14.2. The second-order valence-electron chi connectivity index (χ2n) is 14.9. The molecule has 8 rings (SSSR count). The number of halogens is 3. The van der Waals surface area contributed by atoms with Crippen LogP contribution < -0.4 is 21.2 Å². The Morgan fingerprint density at radius 1 is 1.00 bits per heavy atom. The van der Waals surface area contributed by atoms with Gasteiger partial charge in [-0.25, -0.2) is 9.78 Å². The highest BCUT2D eigenvalue weighted by atomic mass is 19.4. The first kappa shape index (κ1) is 36.4. The Balaban J connectivity index is 0.868. The Bertz CT molecular complexity index is 2370. The monoisotopic (exact) mass is 758 g/mol. The number of nitrogens with one attached hydrogen (secondary N) is 2. The zero-order valence-corrected chi connectivity index (χ0v) is 30.5. The molecule has 2 N–H and O–H groups in total. The molecule has 0 bridgehead atoms. The summed E-state index contributed by atoms with van der Waals surface area (Å²) in [7, 11) is 1.73. The van der Waals surface area contributed by atoms with Gasteiger partial charge in [-0.1, -0.05) is 6.07 Å². The molecular weight excluding hydrogens is 717 g/mol. The third-order valence-electron chi connectivity index (χ3n) is 11.3. The number of imide groups is 1. The van der Waals surface area contributed by atoms with Gasteiger partial charge in [0.15, 0.2) is 5.69 Å². The third-order valence-corrected chi connectivity index (χ3v) is 11.3. The number of imidazole rings is 1. The average molecular weight is 759 g/mol. The molecule has 17 heteroatoms. The smallest absolute Gasteiger partial charge is 0.367 e. The van der Waals surface area contributed by atoms with Crippen molar-refractivity contribution < 1.29 is 27.6 Å². The highest BCUT2D eigenvalue weighted by molar-refractivity contribution is 6.04. The van der Waals surface area contributed by atoms with Gasteiger partial charge in [-0.05, 0) is 74.8 Å². The molecule has 1 saturated carbocycles. The molecule has 2 aliphatic heterocycles. The van der Waals surface area contributed by atoms with E-state index in [0.29, 0.717) is 29.7 Å². The molecule has 3 aromatic heterocycles. The summed E-state index contributed by atoms with van der Waals surface area (Å²) in [5.74, 6) is -0.980. The Kier molecular flexibility index (Phi) is 9.43. The normalized spacial score (nSPS) is 21.3. The predicted octanol–water partition coefficient (Wildman–Crippen LogP) is 4.59. The number of nitrogens with zero attached hydrogens (tertiary/aromatic N) is 8. The third kappa shape index (κ3) is 7.08. The van der Waals surface area contributed by atoms with Crippen LogP contribution in [0.2, 0.25) is 0 Å². The first-order valence-electron chi connectivity index (χ1n) is 18.5. The van der Waals surface area contributed by atoms with Crippen molar-refractivity contribution in [3.63, 3.8) is 0 Å². The molecule has 1 aliphatic carbocycles. The van der Waals surface area contributed by atoms with E-state index >= 15 is 0 Å². The molecule has 288 valence electrons. The van der Waals surface area contributed by atoms with Crippen molar-refractivity contribution in [2.45, 2.75) is 63.7 Å². The quantitative estimate of drug-likeness (QED) is 0.227. The summed E-state index contributed by atoms with van der Waals surface area (Å²) in [4.78, 5) is 62.4. The number of carbonyl (C=O) groups excluding carboxylic acids is 3. The number of piperidine rings is 1. The maximum Gasteiger partial charge on any atom is 0.434 e. The van der Waals surface area contributed by atoms with Crippen molar-refractivity contribution >= 4 is 51.0 Å². The van der Waals surface area contributed by atoms with E-state index in [2.05, 4.69) is 30.4 Å². The summed E-state index contributed by atoms with van der Waals surface area (Å²) in [5.41, 5.74) is 2.48. The fraction of sp³-hybridized carbons (Fsp3) is 0.447. The lowest BCUT2D eigenvalue weighted by Crippen LogP contribution is -2.48. The lowest BCUT2D eigenvalue weighted by molar-refractivity contribution is -0.141. The number of benzene rings is 2. The fourth-order valence-corrected chi connectivity index (χ4v) is 8.35. The lowest BCUT2D eigenvalue weighted by atomic mass is 9.85. The molecule has 3 fully saturated rings. The van der Waals surface area contributed by atoms with Gasteiger partial charge in [-0.3, -0.25) is 43.4 Å². The number of amides is 3. The number of aromatic nitrogens is 6. The number of rotatable bonds is 7.